The predicted octanol–water partition coefficient (Wildman–Crippen LogP) is 1.92. The topological polar surface area (TPSA) is 66.5 Å². The van der Waals surface area contributed by atoms with E-state index < -0.39 is 0 Å². The molecule has 28 heavy (non-hydrogen) atoms. The average molecular weight is 386 g/mol. The Morgan fingerprint density at radius 2 is 2.14 bits per heavy atom. The minimum Gasteiger partial charge on any atom is -0.468 e. The predicted molar refractivity (Wildman–Crippen MR) is 107 cm³/mol. The van der Waals surface area contributed by atoms with Crippen LogP contribution in [0.15, 0.2) is 22.8 Å². The highest BCUT2D eigenvalue weighted by Gasteiger charge is 2.31. The smallest absolute Gasteiger partial charge is 0.274 e. The maximum Gasteiger partial charge on any atom is 0.274 e. The molecule has 2 aromatic rings. The van der Waals surface area contributed by atoms with Gasteiger partial charge in [0.1, 0.15) is 5.76 Å². The van der Waals surface area contributed by atoms with Crippen LogP contribution < -0.4 is 5.32 Å². The first kappa shape index (κ1) is 19.2. The van der Waals surface area contributed by atoms with Crippen molar-refractivity contribution in [1.82, 2.24) is 24.9 Å². The molecular weight excluding hydrogens is 354 g/mol. The number of amides is 1. The minimum atomic E-state index is 0.103. The number of rotatable bonds is 6. The lowest BCUT2D eigenvalue weighted by Crippen LogP contribution is -2.47. The summed E-state index contributed by atoms with van der Waals surface area (Å²) in [5.41, 5.74) is 3.09. The van der Waals surface area contributed by atoms with Gasteiger partial charge in [0.05, 0.1) is 12.8 Å². The van der Waals surface area contributed by atoms with Gasteiger partial charge in [0.2, 0.25) is 0 Å². The quantitative estimate of drug-likeness (QED) is 0.823. The molecule has 1 aliphatic carbocycles. The Balaban J connectivity index is 1.52. The monoisotopic (exact) mass is 385 g/mol. The maximum atomic E-state index is 13.2. The van der Waals surface area contributed by atoms with Crippen LogP contribution >= 0.6 is 0 Å². The lowest BCUT2D eigenvalue weighted by Gasteiger charge is -2.32. The second-order valence-electron chi connectivity index (χ2n) is 7.99. The van der Waals surface area contributed by atoms with Crippen molar-refractivity contribution < 1.29 is 9.21 Å². The summed E-state index contributed by atoms with van der Waals surface area (Å²) in [6, 6.07) is 4.25. The first-order valence-corrected chi connectivity index (χ1v) is 10.5. The zero-order valence-electron chi connectivity index (χ0n) is 17.0. The number of fused-ring (bicyclic) bond motifs is 1. The van der Waals surface area contributed by atoms with Crippen molar-refractivity contribution in [3.63, 3.8) is 0 Å². The van der Waals surface area contributed by atoms with E-state index in [1.54, 1.807) is 6.26 Å². The first-order valence-electron chi connectivity index (χ1n) is 10.5. The lowest BCUT2D eigenvalue weighted by molar-refractivity contribution is 0.0656. The van der Waals surface area contributed by atoms with Crippen LogP contribution in [0, 0.1) is 0 Å². The largest absolute Gasteiger partial charge is 0.468 e. The second kappa shape index (κ2) is 8.49. The van der Waals surface area contributed by atoms with Crippen LogP contribution in [-0.4, -0.2) is 64.8 Å². The van der Waals surface area contributed by atoms with Gasteiger partial charge in [-0.25, -0.2) is 0 Å². The van der Waals surface area contributed by atoms with Gasteiger partial charge in [-0.15, -0.1) is 0 Å². The molecule has 0 saturated carbocycles. The van der Waals surface area contributed by atoms with Crippen LogP contribution in [0.4, 0.5) is 0 Å². The Hall–Kier alpha value is -2.12. The Labute approximate surface area is 166 Å². The lowest BCUT2D eigenvalue weighted by atomic mass is 9.91. The number of likely N-dealkylation sites (N-methyl/N-ethyl adjacent to an activating group) is 1. The van der Waals surface area contributed by atoms with Crippen LogP contribution in [0.1, 0.15) is 47.3 Å². The van der Waals surface area contributed by atoms with Crippen LogP contribution in [0.2, 0.25) is 0 Å². The number of nitrogens with one attached hydrogen (secondary N) is 1. The molecule has 0 radical (unpaired) electrons. The van der Waals surface area contributed by atoms with Crippen molar-refractivity contribution in [3.8, 4) is 0 Å². The Morgan fingerprint density at radius 1 is 1.32 bits per heavy atom. The molecular formula is C21H31N5O2. The number of furan rings is 1. The summed E-state index contributed by atoms with van der Waals surface area (Å²) in [6.45, 7) is 7.18. The van der Waals surface area contributed by atoms with Gasteiger partial charge in [-0.3, -0.25) is 9.48 Å². The molecule has 2 aliphatic rings. The molecule has 1 unspecified atom stereocenters. The van der Waals surface area contributed by atoms with E-state index in [2.05, 4.69) is 28.9 Å². The number of carbonyl (C=O) groups excluding carboxylic acids is 1. The number of hydrogen-bond donors (Lipinski definition) is 1. The molecule has 0 aromatic carbocycles. The molecule has 2 aromatic heterocycles. The summed E-state index contributed by atoms with van der Waals surface area (Å²) >= 11 is 0. The zero-order valence-corrected chi connectivity index (χ0v) is 17.0. The third-order valence-electron chi connectivity index (χ3n) is 5.92. The third-order valence-corrected chi connectivity index (χ3v) is 5.92. The number of nitrogens with zero attached hydrogens (tertiary/aromatic N) is 4. The maximum absolute atomic E-state index is 13.2. The van der Waals surface area contributed by atoms with E-state index in [1.807, 2.05) is 17.0 Å². The fourth-order valence-electron chi connectivity index (χ4n) is 4.25. The molecule has 1 fully saturated rings. The van der Waals surface area contributed by atoms with Crippen LogP contribution in [0.3, 0.4) is 0 Å². The minimum absolute atomic E-state index is 0.103. The molecule has 1 aliphatic heterocycles. The highest BCUT2D eigenvalue weighted by atomic mass is 16.3. The number of hydrogen-bond acceptors (Lipinski definition) is 5. The van der Waals surface area contributed by atoms with Crippen molar-refractivity contribution in [2.24, 2.45) is 0 Å². The Kier molecular flexibility index (Phi) is 5.82. The molecule has 1 N–H and O–H groups in total. The first-order chi connectivity index (χ1) is 13.7. The van der Waals surface area contributed by atoms with Crippen molar-refractivity contribution in [3.05, 3.63) is 41.1 Å². The van der Waals surface area contributed by atoms with Gasteiger partial charge in [-0.1, -0.05) is 6.92 Å². The van der Waals surface area contributed by atoms with Crippen molar-refractivity contribution >= 4 is 5.91 Å². The van der Waals surface area contributed by atoms with Gasteiger partial charge < -0.3 is 19.5 Å². The summed E-state index contributed by atoms with van der Waals surface area (Å²) in [6.07, 6.45) is 5.61. The molecule has 3 heterocycles. The van der Waals surface area contributed by atoms with Crippen molar-refractivity contribution in [2.45, 2.75) is 51.7 Å². The van der Waals surface area contributed by atoms with E-state index in [4.69, 9.17) is 9.52 Å². The van der Waals surface area contributed by atoms with Crippen molar-refractivity contribution in [2.75, 3.05) is 33.2 Å². The van der Waals surface area contributed by atoms with Crippen molar-refractivity contribution in [1.29, 1.82) is 0 Å². The molecule has 7 heteroatoms. The highest BCUT2D eigenvalue weighted by Crippen LogP contribution is 2.27. The van der Waals surface area contributed by atoms with Gasteiger partial charge in [-0.2, -0.15) is 5.10 Å². The van der Waals surface area contributed by atoms with Gasteiger partial charge in [0.25, 0.3) is 5.91 Å². The highest BCUT2D eigenvalue weighted by molar-refractivity contribution is 5.94. The number of aryl methyl sites for hydroxylation is 1. The molecule has 0 spiro atoms. The van der Waals surface area contributed by atoms with Gasteiger partial charge in [-0.05, 0) is 44.9 Å². The summed E-state index contributed by atoms with van der Waals surface area (Å²) in [7, 11) is 2.11. The Morgan fingerprint density at radius 3 is 2.86 bits per heavy atom. The molecule has 1 saturated heterocycles. The average Bonchev–Trinajstić information content (AvgIpc) is 3.35. The second-order valence-corrected chi connectivity index (χ2v) is 7.99. The third kappa shape index (κ3) is 4.00. The zero-order chi connectivity index (χ0) is 19.5. The van der Waals surface area contributed by atoms with E-state index in [9.17, 15) is 4.79 Å². The standard InChI is InChI=1S/C21H31N5O2/c1-3-8-26-19-7-6-16(22-15-17-5-4-13-28-17)14-18(19)20(23-26)21(27)25-11-9-24(2)10-12-25/h4-5,13,16,22H,3,6-12,14-15H2,1-2H3. The normalized spacial score (nSPS) is 20.4. The van der Waals surface area contributed by atoms with Gasteiger partial charge in [0, 0.05) is 50.0 Å². The summed E-state index contributed by atoms with van der Waals surface area (Å²) in [5, 5.41) is 8.38. The number of piperazine rings is 1. The Bertz CT molecular complexity index is 790. The number of aromatic nitrogens is 2. The summed E-state index contributed by atoms with van der Waals surface area (Å²) in [4.78, 5) is 17.5. The van der Waals surface area contributed by atoms with E-state index in [0.717, 1.165) is 76.3 Å². The molecule has 1 amide bonds. The summed E-state index contributed by atoms with van der Waals surface area (Å²) in [5.74, 6) is 1.05. The molecule has 152 valence electrons. The SMILES string of the molecule is CCCn1nc(C(=O)N2CCN(C)CC2)c2c1CCC(NCc1ccco1)C2. The molecule has 4 rings (SSSR count). The van der Waals surface area contributed by atoms with Crippen LogP contribution in [0.25, 0.3) is 0 Å². The van der Waals surface area contributed by atoms with Crippen LogP contribution in [-0.2, 0) is 25.9 Å². The number of carbonyl (C=O) groups is 1. The summed E-state index contributed by atoms with van der Waals surface area (Å²) < 4.78 is 7.52. The van der Waals surface area contributed by atoms with Crippen LogP contribution in [0.5, 0.6) is 0 Å². The van der Waals surface area contributed by atoms with Gasteiger partial charge in [0.15, 0.2) is 5.69 Å². The van der Waals surface area contributed by atoms with E-state index in [-0.39, 0.29) is 5.91 Å². The fourth-order valence-corrected chi connectivity index (χ4v) is 4.25. The van der Waals surface area contributed by atoms with Gasteiger partial charge >= 0.3 is 0 Å². The molecule has 1 atom stereocenters. The molecule has 7 nitrogen and oxygen atoms in total. The van der Waals surface area contributed by atoms with E-state index >= 15 is 0 Å². The van der Waals surface area contributed by atoms with E-state index in [1.165, 1.54) is 5.69 Å². The molecule has 0 bridgehead atoms. The van der Waals surface area contributed by atoms with E-state index in [0.29, 0.717) is 11.7 Å². The fraction of sp³-hybridized carbons (Fsp3) is 0.619.